The van der Waals surface area contributed by atoms with Gasteiger partial charge in [-0.25, -0.2) is 0 Å². The minimum atomic E-state index is -0.480. The highest BCUT2D eigenvalue weighted by molar-refractivity contribution is 8.75. The number of nitrogens with two attached hydrogens (primary N) is 1. The van der Waals surface area contributed by atoms with Crippen molar-refractivity contribution in [1.82, 2.24) is 4.72 Å². The molecule has 0 radical (unpaired) electrons. The monoisotopic (exact) mass is 242 g/mol. The molecule has 1 aromatic carbocycles. The van der Waals surface area contributed by atoms with E-state index in [0.717, 1.165) is 5.56 Å². The molecule has 0 aromatic heterocycles. The van der Waals surface area contributed by atoms with Crippen molar-refractivity contribution in [2.24, 2.45) is 5.73 Å². The highest BCUT2D eigenvalue weighted by Crippen LogP contribution is 2.11. The Morgan fingerprint density at radius 3 is 2.73 bits per heavy atom. The summed E-state index contributed by atoms with van der Waals surface area (Å²) in [6.45, 7) is 0. The van der Waals surface area contributed by atoms with Crippen LogP contribution < -0.4 is 10.5 Å². The molecule has 15 heavy (non-hydrogen) atoms. The Balaban J connectivity index is 2.41. The van der Waals surface area contributed by atoms with E-state index >= 15 is 0 Å². The molecule has 3 nitrogen and oxygen atoms in total. The number of amides is 1. The van der Waals surface area contributed by atoms with Crippen molar-refractivity contribution in [3.63, 3.8) is 0 Å². The van der Waals surface area contributed by atoms with Gasteiger partial charge in [-0.05, 0) is 18.2 Å². The Hall–Kier alpha value is -0.650. The van der Waals surface area contributed by atoms with Gasteiger partial charge in [-0.2, -0.15) is 0 Å². The van der Waals surface area contributed by atoms with Gasteiger partial charge in [0.2, 0.25) is 5.91 Å². The van der Waals surface area contributed by atoms with Crippen LogP contribution in [0.25, 0.3) is 0 Å². The fraction of sp³-hybridized carbons (Fsp3) is 0.300. The summed E-state index contributed by atoms with van der Waals surface area (Å²) < 4.78 is 2.67. The summed E-state index contributed by atoms with van der Waals surface area (Å²) in [5, 5.41) is 0. The normalized spacial score (nSPS) is 12.1. The van der Waals surface area contributed by atoms with Crippen LogP contribution in [-0.4, -0.2) is 18.2 Å². The average Bonchev–Trinajstić information content (AvgIpc) is 2.27. The van der Waals surface area contributed by atoms with E-state index in [1.54, 1.807) is 0 Å². The number of hydrogen-bond donors (Lipinski definition) is 2. The quantitative estimate of drug-likeness (QED) is 0.608. The Morgan fingerprint density at radius 1 is 1.47 bits per heavy atom. The van der Waals surface area contributed by atoms with Gasteiger partial charge in [-0.1, -0.05) is 41.1 Å². The third-order valence-corrected chi connectivity index (χ3v) is 3.06. The second kappa shape index (κ2) is 6.76. The Morgan fingerprint density at radius 2 is 2.13 bits per heavy atom. The Bertz CT molecular complexity index is 306. The first-order valence-corrected chi connectivity index (χ1v) is 7.09. The predicted octanol–water partition coefficient (Wildman–Crippen LogP) is 1.60. The van der Waals surface area contributed by atoms with Crippen LogP contribution in [0.15, 0.2) is 30.3 Å². The molecule has 0 saturated heterocycles. The van der Waals surface area contributed by atoms with E-state index in [9.17, 15) is 4.79 Å². The molecule has 5 heteroatoms. The van der Waals surface area contributed by atoms with Crippen LogP contribution in [0.1, 0.15) is 5.56 Å². The van der Waals surface area contributed by atoms with Crippen molar-refractivity contribution in [1.29, 1.82) is 0 Å². The highest BCUT2D eigenvalue weighted by Gasteiger charge is 2.13. The maximum absolute atomic E-state index is 11.4. The fourth-order valence-corrected chi connectivity index (χ4v) is 1.93. The molecule has 0 spiro atoms. The number of carbonyl (C=O) groups excluding carboxylic acids is 1. The van der Waals surface area contributed by atoms with Gasteiger partial charge in [0, 0.05) is 11.0 Å². The van der Waals surface area contributed by atoms with Gasteiger partial charge in [0.05, 0.1) is 6.04 Å². The Labute approximate surface area is 97.7 Å². The van der Waals surface area contributed by atoms with Gasteiger partial charge < -0.3 is 5.73 Å². The zero-order valence-electron chi connectivity index (χ0n) is 8.47. The first-order valence-electron chi connectivity index (χ1n) is 4.53. The van der Waals surface area contributed by atoms with Crippen molar-refractivity contribution in [2.75, 3.05) is 6.26 Å². The van der Waals surface area contributed by atoms with E-state index in [1.807, 2.05) is 36.6 Å². The Kier molecular flexibility index (Phi) is 5.60. The molecule has 0 fully saturated rings. The highest BCUT2D eigenvalue weighted by atomic mass is 33.1. The number of benzene rings is 1. The lowest BCUT2D eigenvalue weighted by Crippen LogP contribution is -2.38. The third-order valence-electron chi connectivity index (χ3n) is 1.86. The van der Waals surface area contributed by atoms with E-state index < -0.39 is 6.04 Å². The molecule has 1 unspecified atom stereocenters. The van der Waals surface area contributed by atoms with Crippen LogP contribution in [0, 0.1) is 0 Å². The molecule has 1 amide bonds. The number of carbonyl (C=O) groups is 1. The number of hydrogen-bond acceptors (Lipinski definition) is 4. The van der Waals surface area contributed by atoms with Crippen molar-refractivity contribution >= 4 is 27.7 Å². The minimum Gasteiger partial charge on any atom is -0.320 e. The summed E-state index contributed by atoms with van der Waals surface area (Å²) in [7, 11) is 2.78. The maximum Gasteiger partial charge on any atom is 0.247 e. The van der Waals surface area contributed by atoms with Crippen LogP contribution in [0.5, 0.6) is 0 Å². The molecule has 0 aliphatic rings. The summed E-state index contributed by atoms with van der Waals surface area (Å²) >= 11 is 0. The maximum atomic E-state index is 11.4. The lowest BCUT2D eigenvalue weighted by atomic mass is 10.1. The molecule has 0 aliphatic heterocycles. The van der Waals surface area contributed by atoms with Gasteiger partial charge in [0.25, 0.3) is 0 Å². The van der Waals surface area contributed by atoms with E-state index in [2.05, 4.69) is 4.72 Å². The van der Waals surface area contributed by atoms with Gasteiger partial charge in [-0.3, -0.25) is 9.52 Å². The topological polar surface area (TPSA) is 55.1 Å². The van der Waals surface area contributed by atoms with Gasteiger partial charge in [-0.15, -0.1) is 0 Å². The molecule has 82 valence electrons. The predicted molar refractivity (Wildman–Crippen MR) is 67.4 cm³/mol. The minimum absolute atomic E-state index is 0.127. The van der Waals surface area contributed by atoms with Gasteiger partial charge in [0.15, 0.2) is 0 Å². The second-order valence-corrected chi connectivity index (χ2v) is 5.22. The lowest BCUT2D eigenvalue weighted by molar-refractivity contribution is -0.120. The summed E-state index contributed by atoms with van der Waals surface area (Å²) in [6, 6.07) is 9.28. The van der Waals surface area contributed by atoms with E-state index in [0.29, 0.717) is 6.42 Å². The molecule has 0 saturated carbocycles. The van der Waals surface area contributed by atoms with Crippen molar-refractivity contribution in [2.45, 2.75) is 12.5 Å². The van der Waals surface area contributed by atoms with Crippen LogP contribution in [-0.2, 0) is 11.2 Å². The average molecular weight is 242 g/mol. The molecular formula is C10H14N2OS2. The first kappa shape index (κ1) is 12.4. The third kappa shape index (κ3) is 4.59. The molecule has 0 bridgehead atoms. The summed E-state index contributed by atoms with van der Waals surface area (Å²) in [5.41, 5.74) is 6.83. The standard InChI is InChI=1S/C10H14N2OS2/c1-14-15-12-10(13)9(11)7-8-5-3-2-4-6-8/h2-6,9H,7,11H2,1H3,(H,12,13). The largest absolute Gasteiger partial charge is 0.320 e. The van der Waals surface area contributed by atoms with Crippen molar-refractivity contribution in [3.8, 4) is 0 Å². The summed E-state index contributed by atoms with van der Waals surface area (Å²) in [4.78, 5) is 11.4. The lowest BCUT2D eigenvalue weighted by Gasteiger charge is -2.10. The number of rotatable bonds is 5. The van der Waals surface area contributed by atoms with E-state index in [-0.39, 0.29) is 5.91 Å². The summed E-state index contributed by atoms with van der Waals surface area (Å²) in [5.74, 6) is -0.127. The van der Waals surface area contributed by atoms with Crippen LogP contribution in [0.2, 0.25) is 0 Å². The zero-order chi connectivity index (χ0) is 11.1. The zero-order valence-corrected chi connectivity index (χ0v) is 10.1. The first-order chi connectivity index (χ1) is 7.24. The number of nitrogens with one attached hydrogen (secondary N) is 1. The van der Waals surface area contributed by atoms with E-state index in [4.69, 9.17) is 5.73 Å². The second-order valence-electron chi connectivity index (χ2n) is 3.01. The molecule has 1 rings (SSSR count). The fourth-order valence-electron chi connectivity index (χ4n) is 1.12. The van der Waals surface area contributed by atoms with Gasteiger partial charge >= 0.3 is 0 Å². The van der Waals surface area contributed by atoms with E-state index in [1.165, 1.54) is 21.8 Å². The van der Waals surface area contributed by atoms with Crippen LogP contribution in [0.4, 0.5) is 0 Å². The van der Waals surface area contributed by atoms with Crippen LogP contribution in [0.3, 0.4) is 0 Å². The SMILES string of the molecule is CSSNC(=O)C(N)Cc1ccccc1. The van der Waals surface area contributed by atoms with Gasteiger partial charge in [0.1, 0.15) is 0 Å². The van der Waals surface area contributed by atoms with Crippen molar-refractivity contribution < 1.29 is 4.79 Å². The smallest absolute Gasteiger partial charge is 0.247 e. The molecule has 0 aliphatic carbocycles. The molecule has 1 aromatic rings. The molecule has 1 atom stereocenters. The molecular weight excluding hydrogens is 228 g/mol. The molecule has 0 heterocycles. The van der Waals surface area contributed by atoms with Crippen LogP contribution >= 0.6 is 21.8 Å². The van der Waals surface area contributed by atoms with Crippen molar-refractivity contribution in [3.05, 3.63) is 35.9 Å². The summed E-state index contributed by atoms with van der Waals surface area (Å²) in [6.07, 6.45) is 2.47. The molecule has 3 N–H and O–H groups in total.